The van der Waals surface area contributed by atoms with Crippen LogP contribution in [0.5, 0.6) is 5.75 Å². The Morgan fingerprint density at radius 1 is 1.15 bits per heavy atom. The van der Waals surface area contributed by atoms with Gasteiger partial charge in [-0.15, -0.1) is 22.7 Å². The number of aromatic hydroxyl groups is 1. The van der Waals surface area contributed by atoms with Gasteiger partial charge in [0.2, 0.25) is 0 Å². The monoisotopic (exact) mass is 513 g/mol. The van der Waals surface area contributed by atoms with Crippen molar-refractivity contribution in [2.24, 2.45) is 12.1 Å². The van der Waals surface area contributed by atoms with E-state index in [0.717, 1.165) is 22.6 Å². The molecule has 174 valence electrons. The summed E-state index contributed by atoms with van der Waals surface area (Å²) in [6.07, 6.45) is 3.48. The van der Waals surface area contributed by atoms with Crippen molar-refractivity contribution < 1.29 is 14.7 Å². The van der Waals surface area contributed by atoms with Crippen LogP contribution in [-0.4, -0.2) is 32.2 Å². The van der Waals surface area contributed by atoms with Gasteiger partial charge in [-0.2, -0.15) is 5.10 Å². The quantitative estimate of drug-likeness (QED) is 0.247. The Morgan fingerprint density at radius 3 is 2.53 bits per heavy atom. The van der Waals surface area contributed by atoms with Crippen LogP contribution >= 0.6 is 34.3 Å². The van der Waals surface area contributed by atoms with Crippen LogP contribution in [0.1, 0.15) is 37.5 Å². The Morgan fingerprint density at radius 2 is 1.85 bits per heavy atom. The summed E-state index contributed by atoms with van der Waals surface area (Å²) in [5.41, 5.74) is 5.04. The van der Waals surface area contributed by atoms with Gasteiger partial charge in [0.05, 0.1) is 44.5 Å². The smallest absolute Gasteiger partial charge is 0.281 e. The van der Waals surface area contributed by atoms with Crippen LogP contribution in [0.25, 0.3) is 10.4 Å². The number of hydrogen-bond donors (Lipinski definition) is 3. The zero-order chi connectivity index (χ0) is 24.2. The molecule has 2 amide bonds. The van der Waals surface area contributed by atoms with E-state index < -0.39 is 5.91 Å². The molecule has 3 heterocycles. The van der Waals surface area contributed by atoms with Crippen molar-refractivity contribution in [3.63, 3.8) is 0 Å². The molecule has 8 nitrogen and oxygen atoms in total. The van der Waals surface area contributed by atoms with E-state index in [-0.39, 0.29) is 11.7 Å². The molecular weight excluding hydrogens is 494 g/mol. The lowest BCUT2D eigenvalue weighted by atomic mass is 10.1. The molecular formula is C23H20ClN5O3S2. The minimum absolute atomic E-state index is 0.0887. The van der Waals surface area contributed by atoms with E-state index in [9.17, 15) is 14.7 Å². The number of hydrogen-bond acceptors (Lipinski definition) is 7. The third-order valence-electron chi connectivity index (χ3n) is 4.83. The molecule has 0 aliphatic rings. The Labute approximate surface area is 208 Å². The van der Waals surface area contributed by atoms with E-state index in [1.165, 1.54) is 11.3 Å². The number of imidazole rings is 1. The molecule has 1 aromatic carbocycles. The number of halogens is 1. The van der Waals surface area contributed by atoms with Gasteiger partial charge in [0, 0.05) is 23.6 Å². The van der Waals surface area contributed by atoms with Gasteiger partial charge in [0.1, 0.15) is 5.75 Å². The van der Waals surface area contributed by atoms with E-state index in [0.29, 0.717) is 37.5 Å². The van der Waals surface area contributed by atoms with Crippen molar-refractivity contribution in [3.8, 4) is 16.2 Å². The fourth-order valence-corrected chi connectivity index (χ4v) is 5.01. The normalized spacial score (nSPS) is 11.4. The van der Waals surface area contributed by atoms with Crippen molar-refractivity contribution in [3.05, 3.63) is 80.3 Å². The molecule has 0 aliphatic heterocycles. The van der Waals surface area contributed by atoms with Crippen LogP contribution in [-0.2, 0) is 13.6 Å². The van der Waals surface area contributed by atoms with E-state index in [1.54, 1.807) is 47.5 Å². The molecule has 3 N–H and O–H groups in total. The number of aromatic nitrogens is 2. The highest BCUT2D eigenvalue weighted by Crippen LogP contribution is 2.39. The van der Waals surface area contributed by atoms with Crippen molar-refractivity contribution in [2.45, 2.75) is 13.5 Å². The standard InChI is InChI=1S/C23H20ClN5O3S2/c1-13(17-11-33-21(20(17)30)14-3-5-15(24)6-4-14)27-28-23(32)19-8-7-18(34-19)22(31)25-9-16-10-29(2)12-26-16/h3-8,10-12,30H,9H2,1-2H3,(H,25,31)(H,28,32)/b27-13+. The fourth-order valence-electron chi connectivity index (χ4n) is 3.06. The number of nitrogens with one attached hydrogen (secondary N) is 2. The SMILES string of the molecule is C/C(=N\NC(=O)c1ccc(C(=O)NCc2cn(C)cn2)s1)c1csc(-c2ccc(Cl)cc2)c1O. The van der Waals surface area contributed by atoms with E-state index in [4.69, 9.17) is 11.6 Å². The molecule has 0 saturated heterocycles. The van der Waals surface area contributed by atoms with Crippen molar-refractivity contribution in [2.75, 3.05) is 0 Å². The van der Waals surface area contributed by atoms with Gasteiger partial charge in [-0.1, -0.05) is 23.7 Å². The Balaban J connectivity index is 1.38. The number of hydrazone groups is 1. The third-order valence-corrected chi connectivity index (χ3v) is 7.18. The topological polar surface area (TPSA) is 109 Å². The highest BCUT2D eigenvalue weighted by molar-refractivity contribution is 7.16. The maximum atomic E-state index is 12.5. The average Bonchev–Trinajstić information content (AvgIpc) is 3.56. The first-order chi connectivity index (χ1) is 16.3. The lowest BCUT2D eigenvalue weighted by Crippen LogP contribution is -2.22. The van der Waals surface area contributed by atoms with Crippen LogP contribution in [0.15, 0.2) is 59.4 Å². The summed E-state index contributed by atoms with van der Waals surface area (Å²) in [6.45, 7) is 1.99. The predicted octanol–water partition coefficient (Wildman–Crippen LogP) is 4.65. The molecule has 4 rings (SSSR count). The summed E-state index contributed by atoms with van der Waals surface area (Å²) in [6, 6.07) is 10.3. The molecule has 11 heteroatoms. The second kappa shape index (κ2) is 10.2. The number of thiophene rings is 2. The lowest BCUT2D eigenvalue weighted by Gasteiger charge is -2.03. The largest absolute Gasteiger partial charge is 0.506 e. The Bertz CT molecular complexity index is 1370. The molecule has 0 unspecified atom stereocenters. The number of aryl methyl sites for hydroxylation is 1. The Kier molecular flexibility index (Phi) is 7.11. The summed E-state index contributed by atoms with van der Waals surface area (Å²) < 4.78 is 1.80. The third kappa shape index (κ3) is 5.36. The van der Waals surface area contributed by atoms with Gasteiger partial charge in [0.25, 0.3) is 11.8 Å². The van der Waals surface area contributed by atoms with Crippen molar-refractivity contribution >= 4 is 51.8 Å². The summed E-state index contributed by atoms with van der Waals surface area (Å²) in [5, 5.41) is 19.9. The van der Waals surface area contributed by atoms with Crippen LogP contribution in [0.2, 0.25) is 5.02 Å². The van der Waals surface area contributed by atoms with Crippen LogP contribution in [0.4, 0.5) is 0 Å². The summed E-state index contributed by atoms with van der Waals surface area (Å²) >= 11 is 8.37. The molecule has 4 aromatic rings. The molecule has 0 bridgehead atoms. The summed E-state index contributed by atoms with van der Waals surface area (Å²) in [4.78, 5) is 30.5. The van der Waals surface area contributed by atoms with E-state index in [2.05, 4.69) is 20.8 Å². The molecule has 34 heavy (non-hydrogen) atoms. The number of rotatable bonds is 7. The van der Waals surface area contributed by atoms with Crippen LogP contribution in [0, 0.1) is 0 Å². The zero-order valence-corrected chi connectivity index (χ0v) is 20.6. The molecule has 0 fully saturated rings. The molecule has 0 aliphatic carbocycles. The maximum Gasteiger partial charge on any atom is 0.281 e. The number of carbonyl (C=O) groups excluding carboxylic acids is 2. The maximum absolute atomic E-state index is 12.5. The second-order valence-corrected chi connectivity index (χ2v) is 9.75. The molecule has 3 aromatic heterocycles. The number of benzene rings is 1. The van der Waals surface area contributed by atoms with Gasteiger partial charge in [-0.25, -0.2) is 10.4 Å². The molecule has 0 atom stereocenters. The number of carbonyl (C=O) groups is 2. The molecule has 0 saturated carbocycles. The van der Waals surface area contributed by atoms with Crippen molar-refractivity contribution in [1.82, 2.24) is 20.3 Å². The lowest BCUT2D eigenvalue weighted by molar-refractivity contribution is 0.0949. The average molecular weight is 514 g/mol. The molecule has 0 radical (unpaired) electrons. The minimum atomic E-state index is -0.444. The van der Waals surface area contributed by atoms with Crippen LogP contribution in [0.3, 0.4) is 0 Å². The first-order valence-corrected chi connectivity index (χ1v) is 12.2. The highest BCUT2D eigenvalue weighted by atomic mass is 35.5. The fraction of sp³-hybridized carbons (Fsp3) is 0.130. The summed E-state index contributed by atoms with van der Waals surface area (Å²) in [7, 11) is 1.85. The van der Waals surface area contributed by atoms with E-state index in [1.807, 2.05) is 25.4 Å². The zero-order valence-electron chi connectivity index (χ0n) is 18.2. The van der Waals surface area contributed by atoms with Gasteiger partial charge in [0.15, 0.2) is 0 Å². The first kappa shape index (κ1) is 23.7. The van der Waals surface area contributed by atoms with Gasteiger partial charge < -0.3 is 15.0 Å². The van der Waals surface area contributed by atoms with Gasteiger partial charge in [-0.05, 0) is 36.8 Å². The van der Waals surface area contributed by atoms with Gasteiger partial charge in [-0.3, -0.25) is 9.59 Å². The highest BCUT2D eigenvalue weighted by Gasteiger charge is 2.17. The Hall–Kier alpha value is -3.47. The summed E-state index contributed by atoms with van der Waals surface area (Å²) in [5.74, 6) is -0.640. The molecule has 0 spiro atoms. The van der Waals surface area contributed by atoms with Crippen molar-refractivity contribution in [1.29, 1.82) is 0 Å². The second-order valence-electron chi connectivity index (χ2n) is 7.35. The van der Waals surface area contributed by atoms with Crippen LogP contribution < -0.4 is 10.7 Å². The number of nitrogens with zero attached hydrogens (tertiary/aromatic N) is 3. The minimum Gasteiger partial charge on any atom is -0.506 e. The van der Waals surface area contributed by atoms with E-state index >= 15 is 0 Å². The van der Waals surface area contributed by atoms with Gasteiger partial charge >= 0.3 is 0 Å². The predicted molar refractivity (Wildman–Crippen MR) is 135 cm³/mol. The number of amides is 2. The first-order valence-electron chi connectivity index (χ1n) is 10.1.